The van der Waals surface area contributed by atoms with Crippen molar-refractivity contribution < 1.29 is 8.42 Å². The highest BCUT2D eigenvalue weighted by Gasteiger charge is 2.15. The van der Waals surface area contributed by atoms with E-state index in [0.29, 0.717) is 16.9 Å². The van der Waals surface area contributed by atoms with Gasteiger partial charge < -0.3 is 0 Å². The Morgan fingerprint density at radius 3 is 2.11 bits per heavy atom. The number of pyridine rings is 1. The van der Waals surface area contributed by atoms with Gasteiger partial charge in [0.25, 0.3) is 10.0 Å². The molecule has 0 aliphatic rings. The average Bonchev–Trinajstić information content (AvgIpc) is 2.68. The first kappa shape index (κ1) is 18.1. The van der Waals surface area contributed by atoms with Crippen LogP contribution in [0.5, 0.6) is 0 Å². The molecule has 0 saturated heterocycles. The van der Waals surface area contributed by atoms with Gasteiger partial charge in [-0.1, -0.05) is 36.4 Å². The van der Waals surface area contributed by atoms with Crippen molar-refractivity contribution in [3.63, 3.8) is 0 Å². The van der Waals surface area contributed by atoms with Crippen molar-refractivity contribution in [1.82, 2.24) is 4.98 Å². The lowest BCUT2D eigenvalue weighted by Crippen LogP contribution is -2.14. The number of hydrogen-bond donors (Lipinski definition) is 1. The molecule has 0 aliphatic heterocycles. The lowest BCUT2D eigenvalue weighted by Gasteiger charge is -2.09. The zero-order valence-electron chi connectivity index (χ0n) is 14.3. The molecule has 1 aromatic heterocycles. The van der Waals surface area contributed by atoms with Crippen LogP contribution in [-0.4, -0.2) is 13.4 Å². The van der Waals surface area contributed by atoms with Gasteiger partial charge in [-0.2, -0.15) is 5.26 Å². The van der Waals surface area contributed by atoms with Gasteiger partial charge in [-0.05, 0) is 42.3 Å². The zero-order chi connectivity index (χ0) is 19.4. The first-order chi connectivity index (χ1) is 12.9. The topological polar surface area (TPSA) is 87.2 Å². The molecule has 0 bridgehead atoms. The fourth-order valence-corrected chi connectivity index (χ4v) is 3.49. The maximum Gasteiger partial charge on any atom is 0.263 e. The second-order valence-electron chi connectivity index (χ2n) is 5.73. The largest absolute Gasteiger partial charge is 0.263 e. The number of aryl methyl sites for hydroxylation is 1. The van der Waals surface area contributed by atoms with Gasteiger partial charge in [0.2, 0.25) is 0 Å². The molecular formula is C20H14N4O2S. The summed E-state index contributed by atoms with van der Waals surface area (Å²) in [5.74, 6) is 0.158. The van der Waals surface area contributed by atoms with E-state index in [-0.39, 0.29) is 10.7 Å². The van der Waals surface area contributed by atoms with E-state index in [2.05, 4.69) is 14.6 Å². The van der Waals surface area contributed by atoms with E-state index in [4.69, 9.17) is 11.8 Å². The van der Waals surface area contributed by atoms with Crippen LogP contribution in [0.15, 0.2) is 65.6 Å². The molecule has 3 rings (SSSR count). The monoisotopic (exact) mass is 374 g/mol. The van der Waals surface area contributed by atoms with Gasteiger partial charge in [0.1, 0.15) is 11.9 Å². The van der Waals surface area contributed by atoms with Gasteiger partial charge in [0.05, 0.1) is 22.7 Å². The third kappa shape index (κ3) is 3.95. The van der Waals surface area contributed by atoms with Crippen LogP contribution < -0.4 is 4.72 Å². The predicted octanol–water partition coefficient (Wildman–Crippen LogP) is 4.28. The van der Waals surface area contributed by atoms with E-state index in [0.717, 1.165) is 11.1 Å². The zero-order valence-corrected chi connectivity index (χ0v) is 15.2. The van der Waals surface area contributed by atoms with Crippen LogP contribution in [0.1, 0.15) is 11.3 Å². The predicted molar refractivity (Wildman–Crippen MR) is 103 cm³/mol. The molecule has 0 fully saturated rings. The van der Waals surface area contributed by atoms with Crippen LogP contribution in [0.3, 0.4) is 0 Å². The molecule has 27 heavy (non-hydrogen) atoms. The number of nitrogens with one attached hydrogen (secondary N) is 1. The van der Waals surface area contributed by atoms with Crippen LogP contribution in [0.4, 0.5) is 11.5 Å². The molecule has 0 unspecified atom stereocenters. The molecule has 2 aromatic carbocycles. The van der Waals surface area contributed by atoms with Crippen molar-refractivity contribution in [3.8, 4) is 17.2 Å². The molecule has 0 atom stereocenters. The highest BCUT2D eigenvalue weighted by atomic mass is 32.2. The standard InChI is InChI=1S/C20H14N4O2S/c1-14-17(13-21)7-12-20(23-14)24-27(25,26)19-10-5-16(6-11-19)15-3-8-18(22-2)9-4-15/h3-12H,1H3,(H,23,24). The van der Waals surface area contributed by atoms with Crippen molar-refractivity contribution >= 4 is 21.5 Å². The summed E-state index contributed by atoms with van der Waals surface area (Å²) in [6.07, 6.45) is 0. The third-order valence-corrected chi connectivity index (χ3v) is 5.31. The minimum absolute atomic E-state index is 0.104. The van der Waals surface area contributed by atoms with Crippen molar-refractivity contribution in [1.29, 1.82) is 5.26 Å². The van der Waals surface area contributed by atoms with Gasteiger partial charge in [0.15, 0.2) is 5.69 Å². The number of aromatic nitrogens is 1. The number of benzene rings is 2. The summed E-state index contributed by atoms with van der Waals surface area (Å²) in [5, 5.41) is 8.93. The summed E-state index contributed by atoms with van der Waals surface area (Å²) in [6, 6.07) is 18.5. The van der Waals surface area contributed by atoms with Gasteiger partial charge in [-0.3, -0.25) is 4.72 Å². The second-order valence-corrected chi connectivity index (χ2v) is 7.41. The van der Waals surface area contributed by atoms with E-state index < -0.39 is 10.0 Å². The molecule has 1 heterocycles. The van der Waals surface area contributed by atoms with E-state index in [1.54, 1.807) is 31.2 Å². The summed E-state index contributed by atoms with van der Waals surface area (Å²) in [4.78, 5) is 7.55. The van der Waals surface area contributed by atoms with Crippen molar-refractivity contribution in [2.75, 3.05) is 4.72 Å². The van der Waals surface area contributed by atoms with Crippen molar-refractivity contribution in [3.05, 3.63) is 83.3 Å². The van der Waals surface area contributed by atoms with E-state index >= 15 is 0 Å². The molecule has 0 spiro atoms. The van der Waals surface area contributed by atoms with Crippen LogP contribution in [-0.2, 0) is 10.0 Å². The molecule has 0 saturated carbocycles. The molecule has 0 amide bonds. The first-order valence-corrected chi connectivity index (χ1v) is 9.40. The number of sulfonamides is 1. The molecule has 7 heteroatoms. The summed E-state index contributed by atoms with van der Waals surface area (Å²) < 4.78 is 27.5. The Labute approximate surface area is 157 Å². The number of nitrogens with zero attached hydrogens (tertiary/aromatic N) is 3. The molecule has 1 N–H and O–H groups in total. The Morgan fingerprint density at radius 2 is 1.59 bits per heavy atom. The minimum atomic E-state index is -3.79. The normalized spacial score (nSPS) is 10.6. The maximum atomic E-state index is 12.5. The van der Waals surface area contributed by atoms with Crippen molar-refractivity contribution in [2.24, 2.45) is 0 Å². The van der Waals surface area contributed by atoms with Gasteiger partial charge in [0, 0.05) is 0 Å². The lowest BCUT2D eigenvalue weighted by atomic mass is 10.1. The van der Waals surface area contributed by atoms with Crippen LogP contribution in [0.25, 0.3) is 16.0 Å². The van der Waals surface area contributed by atoms with E-state index in [9.17, 15) is 8.42 Å². The molecule has 0 aliphatic carbocycles. The van der Waals surface area contributed by atoms with E-state index in [1.807, 2.05) is 18.2 Å². The maximum absolute atomic E-state index is 12.5. The summed E-state index contributed by atoms with van der Waals surface area (Å²) in [7, 11) is -3.79. The smallest absolute Gasteiger partial charge is 0.263 e. The van der Waals surface area contributed by atoms with Gasteiger partial charge in [-0.15, -0.1) is 0 Å². The highest BCUT2D eigenvalue weighted by Crippen LogP contribution is 2.24. The van der Waals surface area contributed by atoms with Crippen molar-refractivity contribution in [2.45, 2.75) is 11.8 Å². The van der Waals surface area contributed by atoms with Gasteiger partial charge in [-0.25, -0.2) is 18.2 Å². The lowest BCUT2D eigenvalue weighted by molar-refractivity contribution is 0.601. The minimum Gasteiger partial charge on any atom is -0.263 e. The number of hydrogen-bond acceptors (Lipinski definition) is 4. The number of anilines is 1. The quantitative estimate of drug-likeness (QED) is 0.691. The Bertz CT molecular complexity index is 1170. The third-order valence-electron chi connectivity index (χ3n) is 3.94. The number of rotatable bonds is 4. The molecule has 132 valence electrons. The molecule has 0 radical (unpaired) electrons. The fraction of sp³-hybridized carbons (Fsp3) is 0.0500. The average molecular weight is 374 g/mol. The molecule has 3 aromatic rings. The summed E-state index contributed by atoms with van der Waals surface area (Å²) >= 11 is 0. The van der Waals surface area contributed by atoms with Crippen LogP contribution in [0.2, 0.25) is 0 Å². The Balaban J connectivity index is 1.84. The fourth-order valence-electron chi connectivity index (χ4n) is 2.49. The SMILES string of the molecule is [C-]#[N+]c1ccc(-c2ccc(S(=O)(=O)Nc3ccc(C#N)c(C)n3)cc2)cc1. The van der Waals surface area contributed by atoms with E-state index in [1.165, 1.54) is 24.3 Å². The summed E-state index contributed by atoms with van der Waals surface area (Å²) in [6.45, 7) is 8.62. The Morgan fingerprint density at radius 1 is 1.00 bits per heavy atom. The first-order valence-electron chi connectivity index (χ1n) is 7.91. The van der Waals surface area contributed by atoms with Gasteiger partial charge >= 0.3 is 0 Å². The molecule has 6 nitrogen and oxygen atoms in total. The second kappa shape index (κ2) is 7.28. The number of nitriles is 1. The highest BCUT2D eigenvalue weighted by molar-refractivity contribution is 7.92. The Kier molecular flexibility index (Phi) is 4.89. The summed E-state index contributed by atoms with van der Waals surface area (Å²) in [5.41, 5.74) is 3.14. The Hall–Kier alpha value is -3.68. The van der Waals surface area contributed by atoms with Crippen LogP contribution in [0, 0.1) is 24.8 Å². The molecular weight excluding hydrogens is 360 g/mol. The van der Waals surface area contributed by atoms with Crippen LogP contribution >= 0.6 is 0 Å².